The van der Waals surface area contributed by atoms with Gasteiger partial charge in [-0.05, 0) is 42.8 Å². The molecule has 2 aromatic carbocycles. The molecular weight excluding hydrogens is 337 g/mol. The summed E-state index contributed by atoms with van der Waals surface area (Å²) in [5.41, 5.74) is 1.81. The first-order chi connectivity index (χ1) is 12.2. The monoisotopic (exact) mass is 357 g/mol. The largest absolute Gasteiger partial charge is 0.346 e. The van der Waals surface area contributed by atoms with Gasteiger partial charge in [0.05, 0.1) is 6.04 Å². The van der Waals surface area contributed by atoms with Crippen molar-refractivity contribution in [3.63, 3.8) is 0 Å². The predicted molar refractivity (Wildman–Crippen MR) is 97.3 cm³/mol. The molecule has 0 aliphatic carbocycles. The molecule has 0 unspecified atom stereocenters. The zero-order valence-corrected chi connectivity index (χ0v) is 14.7. The molecule has 0 aliphatic heterocycles. The van der Waals surface area contributed by atoms with Gasteiger partial charge in [-0.1, -0.05) is 12.1 Å². The van der Waals surface area contributed by atoms with Gasteiger partial charge in [-0.2, -0.15) is 0 Å². The van der Waals surface area contributed by atoms with Gasteiger partial charge < -0.3 is 16.0 Å². The van der Waals surface area contributed by atoms with Gasteiger partial charge in [0, 0.05) is 30.8 Å². The number of halogens is 1. The van der Waals surface area contributed by atoms with Gasteiger partial charge >= 0.3 is 0 Å². The van der Waals surface area contributed by atoms with Crippen LogP contribution in [0.2, 0.25) is 0 Å². The number of benzene rings is 2. The fourth-order valence-corrected chi connectivity index (χ4v) is 2.42. The van der Waals surface area contributed by atoms with Crippen LogP contribution in [0, 0.1) is 5.82 Å². The first-order valence-electron chi connectivity index (χ1n) is 8.01. The van der Waals surface area contributed by atoms with Gasteiger partial charge in [0.1, 0.15) is 5.82 Å². The summed E-state index contributed by atoms with van der Waals surface area (Å²) in [7, 11) is 0. The van der Waals surface area contributed by atoms with E-state index in [0.29, 0.717) is 11.4 Å². The van der Waals surface area contributed by atoms with E-state index in [9.17, 15) is 18.8 Å². The number of carbonyl (C=O) groups excluding carboxylic acids is 3. The van der Waals surface area contributed by atoms with E-state index in [1.807, 2.05) is 0 Å². The van der Waals surface area contributed by atoms with E-state index < -0.39 is 0 Å². The topological polar surface area (TPSA) is 87.3 Å². The second kappa shape index (κ2) is 8.24. The Hall–Kier alpha value is -3.22. The third-order valence-corrected chi connectivity index (χ3v) is 3.55. The summed E-state index contributed by atoms with van der Waals surface area (Å²) in [6.45, 7) is 4.47. The molecule has 0 fully saturated rings. The minimum atomic E-state index is -0.388. The van der Waals surface area contributed by atoms with Crippen molar-refractivity contribution < 1.29 is 18.8 Å². The average Bonchev–Trinajstić information content (AvgIpc) is 2.53. The number of nitrogens with one attached hydrogen (secondary N) is 3. The molecular formula is C19H20FN3O3. The predicted octanol–water partition coefficient (Wildman–Crippen LogP) is 3.23. The molecule has 0 saturated carbocycles. The third kappa shape index (κ3) is 5.41. The van der Waals surface area contributed by atoms with Crippen LogP contribution < -0.4 is 16.0 Å². The highest BCUT2D eigenvalue weighted by atomic mass is 19.1. The Balaban J connectivity index is 2.23. The maximum Gasteiger partial charge on any atom is 0.251 e. The highest BCUT2D eigenvalue weighted by molar-refractivity contribution is 6.00. The molecule has 26 heavy (non-hydrogen) atoms. The van der Waals surface area contributed by atoms with Crippen molar-refractivity contribution in [3.05, 3.63) is 59.4 Å². The Morgan fingerprint density at radius 3 is 1.85 bits per heavy atom. The van der Waals surface area contributed by atoms with Gasteiger partial charge in [0.15, 0.2) is 0 Å². The lowest BCUT2D eigenvalue weighted by atomic mass is 10.1. The SMILES string of the molecule is CC(=O)Nc1cc(NC(C)=O)cc(C(=O)N[C@@H](C)c2ccc(F)cc2)c1. The number of rotatable bonds is 5. The van der Waals surface area contributed by atoms with Gasteiger partial charge in [0.25, 0.3) is 5.91 Å². The van der Waals surface area contributed by atoms with Crippen LogP contribution in [-0.4, -0.2) is 17.7 Å². The van der Waals surface area contributed by atoms with Gasteiger partial charge in [-0.15, -0.1) is 0 Å². The Morgan fingerprint density at radius 2 is 1.38 bits per heavy atom. The minimum absolute atomic E-state index is 0.272. The fourth-order valence-electron chi connectivity index (χ4n) is 2.42. The first-order valence-corrected chi connectivity index (χ1v) is 8.01. The van der Waals surface area contributed by atoms with Gasteiger partial charge in [-0.25, -0.2) is 4.39 Å². The molecule has 6 nitrogen and oxygen atoms in total. The van der Waals surface area contributed by atoms with Crippen LogP contribution in [0.3, 0.4) is 0 Å². The van der Waals surface area contributed by atoms with E-state index in [2.05, 4.69) is 16.0 Å². The summed E-state index contributed by atoms with van der Waals surface area (Å²) < 4.78 is 13.0. The Bertz CT molecular complexity index is 800. The maximum absolute atomic E-state index is 13.0. The quantitative estimate of drug-likeness (QED) is 0.768. The summed E-state index contributed by atoms with van der Waals surface area (Å²) in [5.74, 6) is -1.33. The number of anilines is 2. The average molecular weight is 357 g/mol. The normalized spacial score (nSPS) is 11.4. The summed E-state index contributed by atoms with van der Waals surface area (Å²) in [6.07, 6.45) is 0. The van der Waals surface area contributed by atoms with Crippen molar-refractivity contribution in [2.75, 3.05) is 10.6 Å². The zero-order chi connectivity index (χ0) is 19.3. The highest BCUT2D eigenvalue weighted by Crippen LogP contribution is 2.21. The molecule has 0 bridgehead atoms. The Labute approximate surface area is 150 Å². The summed E-state index contributed by atoms with van der Waals surface area (Å²) >= 11 is 0. The van der Waals surface area contributed by atoms with Crippen molar-refractivity contribution in [1.29, 1.82) is 0 Å². The molecule has 0 spiro atoms. The number of hydrogen-bond acceptors (Lipinski definition) is 3. The molecule has 0 radical (unpaired) electrons. The standard InChI is InChI=1S/C19H20FN3O3/c1-11(14-4-6-16(20)7-5-14)21-19(26)15-8-17(22-12(2)24)10-18(9-15)23-13(3)25/h4-11H,1-3H3,(H,21,26)(H,22,24)(H,23,25)/t11-/m0/s1. The van der Waals surface area contributed by atoms with E-state index in [1.165, 1.54) is 38.1 Å². The highest BCUT2D eigenvalue weighted by Gasteiger charge is 2.14. The molecule has 2 rings (SSSR count). The maximum atomic E-state index is 13.0. The number of hydrogen-bond donors (Lipinski definition) is 3. The first kappa shape index (κ1) is 19.1. The fraction of sp³-hybridized carbons (Fsp3) is 0.211. The molecule has 0 saturated heterocycles. The minimum Gasteiger partial charge on any atom is -0.346 e. The van der Waals surface area contributed by atoms with E-state index in [1.54, 1.807) is 25.1 Å². The second-order valence-corrected chi connectivity index (χ2v) is 5.91. The van der Waals surface area contributed by atoms with Crippen molar-refractivity contribution >= 4 is 29.1 Å². The van der Waals surface area contributed by atoms with E-state index >= 15 is 0 Å². The van der Waals surface area contributed by atoms with Crippen molar-refractivity contribution in [2.45, 2.75) is 26.8 Å². The van der Waals surface area contributed by atoms with Crippen molar-refractivity contribution in [2.24, 2.45) is 0 Å². The van der Waals surface area contributed by atoms with Crippen LogP contribution in [-0.2, 0) is 9.59 Å². The third-order valence-electron chi connectivity index (χ3n) is 3.55. The lowest BCUT2D eigenvalue weighted by Gasteiger charge is -2.16. The van der Waals surface area contributed by atoms with E-state index in [0.717, 1.165) is 5.56 Å². The number of carbonyl (C=O) groups is 3. The zero-order valence-electron chi connectivity index (χ0n) is 14.7. The number of amides is 3. The lowest BCUT2D eigenvalue weighted by Crippen LogP contribution is -2.27. The van der Waals surface area contributed by atoms with Crippen LogP contribution in [0.15, 0.2) is 42.5 Å². The summed E-state index contributed by atoms with van der Waals surface area (Å²) in [4.78, 5) is 35.1. The lowest BCUT2D eigenvalue weighted by molar-refractivity contribution is -0.115. The van der Waals surface area contributed by atoms with Crippen molar-refractivity contribution in [3.8, 4) is 0 Å². The Morgan fingerprint density at radius 1 is 0.885 bits per heavy atom. The van der Waals surface area contributed by atoms with Crippen LogP contribution >= 0.6 is 0 Å². The molecule has 0 aromatic heterocycles. The molecule has 7 heteroatoms. The van der Waals surface area contributed by atoms with Crippen LogP contribution in [0.25, 0.3) is 0 Å². The molecule has 136 valence electrons. The molecule has 1 atom stereocenters. The Kier molecular flexibility index (Phi) is 6.06. The van der Waals surface area contributed by atoms with E-state index in [4.69, 9.17) is 0 Å². The smallest absolute Gasteiger partial charge is 0.251 e. The molecule has 3 amide bonds. The molecule has 0 aliphatic rings. The summed E-state index contributed by atoms with van der Waals surface area (Å²) in [6, 6.07) is 10.1. The molecule has 0 heterocycles. The summed E-state index contributed by atoms with van der Waals surface area (Å²) in [5, 5.41) is 7.99. The van der Waals surface area contributed by atoms with Gasteiger partial charge in [0.2, 0.25) is 11.8 Å². The van der Waals surface area contributed by atoms with E-state index in [-0.39, 0.29) is 35.1 Å². The van der Waals surface area contributed by atoms with Crippen LogP contribution in [0.4, 0.5) is 15.8 Å². The molecule has 2 aromatic rings. The second-order valence-electron chi connectivity index (χ2n) is 5.91. The van der Waals surface area contributed by atoms with Gasteiger partial charge in [-0.3, -0.25) is 14.4 Å². The van der Waals surface area contributed by atoms with Crippen LogP contribution in [0.1, 0.15) is 42.7 Å². The molecule has 3 N–H and O–H groups in total. The van der Waals surface area contributed by atoms with Crippen LogP contribution in [0.5, 0.6) is 0 Å². The van der Waals surface area contributed by atoms with Crippen molar-refractivity contribution in [1.82, 2.24) is 5.32 Å².